The summed E-state index contributed by atoms with van der Waals surface area (Å²) in [6.07, 6.45) is 1.64. The Labute approximate surface area is 126 Å². The van der Waals surface area contributed by atoms with Crippen molar-refractivity contribution in [2.45, 2.75) is 25.8 Å². The molecule has 0 saturated carbocycles. The zero-order chi connectivity index (χ0) is 13.4. The highest BCUT2D eigenvalue weighted by atomic mass is 79.9. The fourth-order valence-electron chi connectivity index (χ4n) is 2.84. The first-order valence-electron chi connectivity index (χ1n) is 6.63. The highest BCUT2D eigenvalue weighted by molar-refractivity contribution is 8.93. The average Bonchev–Trinajstić information content (AvgIpc) is 2.39. The van der Waals surface area contributed by atoms with E-state index in [2.05, 4.69) is 10.3 Å². The van der Waals surface area contributed by atoms with E-state index in [9.17, 15) is 9.59 Å². The fourth-order valence-corrected chi connectivity index (χ4v) is 2.84. The lowest BCUT2D eigenvalue weighted by molar-refractivity contribution is 0.352. The van der Waals surface area contributed by atoms with E-state index in [1.165, 1.54) is 4.57 Å². The minimum atomic E-state index is -0.296. The molecule has 2 N–H and O–H groups in total. The molecule has 3 rings (SSSR count). The highest BCUT2D eigenvalue weighted by Crippen LogP contribution is 2.16. The van der Waals surface area contributed by atoms with Gasteiger partial charge in [0.2, 0.25) is 0 Å². The number of hydrogen-bond donors (Lipinski definition) is 2. The summed E-state index contributed by atoms with van der Waals surface area (Å²) in [5, 5.41) is 3.87. The van der Waals surface area contributed by atoms with Crippen LogP contribution in [0, 0.1) is 6.92 Å². The summed E-state index contributed by atoms with van der Waals surface area (Å²) >= 11 is 0. The largest absolute Gasteiger partial charge is 0.329 e. The molecule has 108 valence electrons. The van der Waals surface area contributed by atoms with Gasteiger partial charge in [0.1, 0.15) is 0 Å². The van der Waals surface area contributed by atoms with Gasteiger partial charge in [0.25, 0.3) is 5.56 Å². The number of benzene rings is 1. The summed E-state index contributed by atoms with van der Waals surface area (Å²) in [4.78, 5) is 27.6. The maximum Gasteiger partial charge on any atom is 0.329 e. The number of rotatable bonds is 1. The summed E-state index contributed by atoms with van der Waals surface area (Å²) < 4.78 is 1.40. The molecule has 2 heterocycles. The van der Waals surface area contributed by atoms with Crippen LogP contribution in [0.5, 0.6) is 0 Å². The third-order valence-electron chi connectivity index (χ3n) is 3.84. The topological polar surface area (TPSA) is 66.9 Å². The molecule has 2 aromatic rings. The van der Waals surface area contributed by atoms with E-state index in [-0.39, 0.29) is 34.3 Å². The lowest BCUT2D eigenvalue weighted by atomic mass is 10.1. The summed E-state index contributed by atoms with van der Waals surface area (Å²) in [5.41, 5.74) is 1.07. The Morgan fingerprint density at radius 1 is 1.20 bits per heavy atom. The van der Waals surface area contributed by atoms with Gasteiger partial charge in [0, 0.05) is 6.04 Å². The number of piperidine rings is 1. The van der Waals surface area contributed by atoms with Crippen molar-refractivity contribution in [2.75, 3.05) is 13.1 Å². The van der Waals surface area contributed by atoms with Crippen molar-refractivity contribution in [3.05, 3.63) is 44.6 Å². The zero-order valence-corrected chi connectivity index (χ0v) is 13.0. The summed E-state index contributed by atoms with van der Waals surface area (Å²) in [7, 11) is 0. The monoisotopic (exact) mass is 339 g/mol. The van der Waals surface area contributed by atoms with Crippen LogP contribution >= 0.6 is 17.0 Å². The van der Waals surface area contributed by atoms with E-state index in [1.807, 2.05) is 19.1 Å². The van der Waals surface area contributed by atoms with Crippen molar-refractivity contribution in [3.63, 3.8) is 0 Å². The van der Waals surface area contributed by atoms with Gasteiger partial charge >= 0.3 is 5.69 Å². The Morgan fingerprint density at radius 2 is 1.90 bits per heavy atom. The van der Waals surface area contributed by atoms with E-state index in [4.69, 9.17) is 0 Å². The number of aromatic amines is 1. The molecule has 1 fully saturated rings. The molecule has 0 spiro atoms. The number of nitrogens with one attached hydrogen (secondary N) is 2. The molecule has 1 saturated heterocycles. The number of halogens is 1. The van der Waals surface area contributed by atoms with Gasteiger partial charge in [-0.2, -0.15) is 0 Å². The Kier molecular flexibility index (Phi) is 4.45. The minimum absolute atomic E-state index is 0. The van der Waals surface area contributed by atoms with Gasteiger partial charge in [-0.05, 0) is 44.5 Å². The van der Waals surface area contributed by atoms with E-state index >= 15 is 0 Å². The van der Waals surface area contributed by atoms with Gasteiger partial charge in [0.05, 0.1) is 10.9 Å². The summed E-state index contributed by atoms with van der Waals surface area (Å²) in [5.74, 6) is 0. The van der Waals surface area contributed by atoms with Crippen molar-refractivity contribution in [1.29, 1.82) is 0 Å². The fraction of sp³-hybridized carbons (Fsp3) is 0.429. The second-order valence-electron chi connectivity index (χ2n) is 5.08. The second kappa shape index (κ2) is 5.93. The first kappa shape index (κ1) is 15.0. The maximum atomic E-state index is 12.6. The number of aromatic nitrogens is 2. The van der Waals surface area contributed by atoms with E-state index < -0.39 is 0 Å². The minimum Gasteiger partial charge on any atom is -0.317 e. The molecular formula is C14H18BrN3O2. The van der Waals surface area contributed by atoms with Crippen LogP contribution in [0.2, 0.25) is 0 Å². The zero-order valence-electron chi connectivity index (χ0n) is 11.3. The van der Waals surface area contributed by atoms with Crippen LogP contribution in [0.25, 0.3) is 10.9 Å². The lowest BCUT2D eigenvalue weighted by Gasteiger charge is -2.24. The molecule has 0 bridgehead atoms. The molecule has 1 aliphatic rings. The van der Waals surface area contributed by atoms with Crippen molar-refractivity contribution in [1.82, 2.24) is 14.9 Å². The Bertz CT molecular complexity index is 729. The summed E-state index contributed by atoms with van der Waals surface area (Å²) in [6.45, 7) is 3.60. The molecular weight excluding hydrogens is 322 g/mol. The van der Waals surface area contributed by atoms with Crippen LogP contribution in [-0.2, 0) is 0 Å². The lowest BCUT2D eigenvalue weighted by Crippen LogP contribution is -2.42. The number of H-pyrrole nitrogens is 1. The quantitative estimate of drug-likeness (QED) is 0.827. The molecule has 0 amide bonds. The third-order valence-corrected chi connectivity index (χ3v) is 3.84. The predicted molar refractivity (Wildman–Crippen MR) is 85.0 cm³/mol. The van der Waals surface area contributed by atoms with Crippen LogP contribution in [0.1, 0.15) is 24.4 Å². The number of aryl methyl sites for hydroxylation is 1. The van der Waals surface area contributed by atoms with Crippen LogP contribution < -0.4 is 16.6 Å². The molecule has 0 atom stereocenters. The summed E-state index contributed by atoms with van der Waals surface area (Å²) in [6, 6.07) is 5.52. The maximum absolute atomic E-state index is 12.6. The normalized spacial score (nSPS) is 16.1. The molecule has 1 aliphatic heterocycles. The molecule has 1 aromatic heterocycles. The van der Waals surface area contributed by atoms with Crippen molar-refractivity contribution >= 4 is 27.9 Å². The standard InChI is InChI=1S/C14H17N3O2.BrH/c1-9-3-2-4-11-12(9)13(18)17(14(19)16-11)10-5-7-15-8-6-10;/h2-4,10,15H,5-8H2,1H3,(H,16,19);1H. The average molecular weight is 340 g/mol. The van der Waals surface area contributed by atoms with E-state index in [0.29, 0.717) is 10.9 Å². The Morgan fingerprint density at radius 3 is 2.60 bits per heavy atom. The van der Waals surface area contributed by atoms with Crippen molar-refractivity contribution in [3.8, 4) is 0 Å². The second-order valence-corrected chi connectivity index (χ2v) is 5.08. The smallest absolute Gasteiger partial charge is 0.317 e. The van der Waals surface area contributed by atoms with Crippen LogP contribution in [-0.4, -0.2) is 22.6 Å². The number of fused-ring (bicyclic) bond motifs is 1. The van der Waals surface area contributed by atoms with Gasteiger partial charge in [-0.1, -0.05) is 12.1 Å². The van der Waals surface area contributed by atoms with E-state index in [1.54, 1.807) is 6.07 Å². The first-order chi connectivity index (χ1) is 9.18. The predicted octanol–water partition coefficient (Wildman–Crippen LogP) is 1.50. The number of nitrogens with zero attached hydrogens (tertiary/aromatic N) is 1. The highest BCUT2D eigenvalue weighted by Gasteiger charge is 2.20. The molecule has 6 heteroatoms. The van der Waals surface area contributed by atoms with Gasteiger partial charge in [-0.15, -0.1) is 17.0 Å². The van der Waals surface area contributed by atoms with Crippen molar-refractivity contribution in [2.24, 2.45) is 0 Å². The third kappa shape index (κ3) is 2.45. The molecule has 0 radical (unpaired) electrons. The number of hydrogen-bond acceptors (Lipinski definition) is 3. The van der Waals surface area contributed by atoms with Crippen LogP contribution in [0.3, 0.4) is 0 Å². The van der Waals surface area contributed by atoms with Gasteiger partial charge < -0.3 is 10.3 Å². The molecule has 0 unspecified atom stereocenters. The molecule has 20 heavy (non-hydrogen) atoms. The SMILES string of the molecule is Br.Cc1cccc2[nH]c(=O)n(C3CCNCC3)c(=O)c12. The van der Waals surface area contributed by atoms with Crippen LogP contribution in [0.15, 0.2) is 27.8 Å². The Balaban J connectivity index is 0.00000147. The van der Waals surface area contributed by atoms with Gasteiger partial charge in [-0.25, -0.2) is 4.79 Å². The van der Waals surface area contributed by atoms with Gasteiger partial charge in [-0.3, -0.25) is 9.36 Å². The van der Waals surface area contributed by atoms with Crippen molar-refractivity contribution < 1.29 is 0 Å². The Hall–Kier alpha value is -1.40. The van der Waals surface area contributed by atoms with E-state index in [0.717, 1.165) is 31.5 Å². The first-order valence-corrected chi connectivity index (χ1v) is 6.63. The van der Waals surface area contributed by atoms with Crippen LogP contribution in [0.4, 0.5) is 0 Å². The molecule has 1 aromatic carbocycles. The van der Waals surface area contributed by atoms with Gasteiger partial charge in [0.15, 0.2) is 0 Å². The molecule has 5 nitrogen and oxygen atoms in total. The molecule has 0 aliphatic carbocycles.